The summed E-state index contributed by atoms with van der Waals surface area (Å²) in [5.41, 5.74) is -1.81. The van der Waals surface area contributed by atoms with Crippen LogP contribution in [-0.2, 0) is 21.0 Å². The van der Waals surface area contributed by atoms with E-state index < -0.39 is 45.6 Å². The van der Waals surface area contributed by atoms with E-state index in [-0.39, 0.29) is 4.47 Å². The minimum atomic E-state index is -4.74. The average molecular weight is 376 g/mol. The maximum atomic E-state index is 12.8. The van der Waals surface area contributed by atoms with Gasteiger partial charge in [-0.3, -0.25) is 9.52 Å². The molecule has 0 aliphatic carbocycles. The Kier molecular flexibility index (Phi) is 5.03. The molecular weight excluding hydrogens is 367 g/mol. The number of sulfonamides is 1. The summed E-state index contributed by atoms with van der Waals surface area (Å²) >= 11 is 2.86. The number of rotatable bonds is 5. The molecule has 112 valence electrons. The topological polar surface area (TPSA) is 83.5 Å². The number of anilines is 1. The molecule has 0 bridgehead atoms. The van der Waals surface area contributed by atoms with E-state index >= 15 is 0 Å². The van der Waals surface area contributed by atoms with Crippen molar-refractivity contribution in [3.8, 4) is 0 Å². The Bertz CT molecular complexity index is 615. The molecule has 0 radical (unpaired) electrons. The molecule has 0 unspecified atom stereocenters. The third kappa shape index (κ3) is 5.00. The van der Waals surface area contributed by atoms with E-state index in [0.717, 1.165) is 12.1 Å². The van der Waals surface area contributed by atoms with Crippen molar-refractivity contribution in [1.82, 2.24) is 0 Å². The van der Waals surface area contributed by atoms with Crippen LogP contribution in [0.1, 0.15) is 12.0 Å². The van der Waals surface area contributed by atoms with Crippen LogP contribution in [0.15, 0.2) is 22.7 Å². The second kappa shape index (κ2) is 6.00. The van der Waals surface area contributed by atoms with E-state index in [1.165, 1.54) is 6.07 Å². The summed E-state index contributed by atoms with van der Waals surface area (Å²) in [4.78, 5) is 10.3. The van der Waals surface area contributed by atoms with Gasteiger partial charge in [-0.15, -0.1) is 0 Å². The first-order valence-electron chi connectivity index (χ1n) is 5.10. The Hall–Kier alpha value is -1.29. The van der Waals surface area contributed by atoms with Gasteiger partial charge in [0.15, 0.2) is 0 Å². The molecule has 0 amide bonds. The molecule has 1 aromatic rings. The number of benzene rings is 1. The van der Waals surface area contributed by atoms with Crippen LogP contribution < -0.4 is 4.72 Å². The first-order chi connectivity index (χ1) is 9.01. The van der Waals surface area contributed by atoms with E-state index in [1.807, 2.05) is 0 Å². The van der Waals surface area contributed by atoms with Crippen LogP contribution in [0.5, 0.6) is 0 Å². The lowest BCUT2D eigenvalue weighted by atomic mass is 10.2. The summed E-state index contributed by atoms with van der Waals surface area (Å²) < 4.78 is 63.2. The van der Waals surface area contributed by atoms with Crippen LogP contribution in [0.25, 0.3) is 0 Å². The van der Waals surface area contributed by atoms with Crippen molar-refractivity contribution in [3.63, 3.8) is 0 Å². The van der Waals surface area contributed by atoms with Gasteiger partial charge in [-0.2, -0.15) is 13.2 Å². The van der Waals surface area contributed by atoms with Gasteiger partial charge >= 0.3 is 12.1 Å². The van der Waals surface area contributed by atoms with Gasteiger partial charge in [-0.1, -0.05) is 15.9 Å². The minimum absolute atomic E-state index is 0.137. The summed E-state index contributed by atoms with van der Waals surface area (Å²) in [5.74, 6) is -2.17. The molecule has 20 heavy (non-hydrogen) atoms. The predicted molar refractivity (Wildman–Crippen MR) is 68.8 cm³/mol. The van der Waals surface area contributed by atoms with Crippen LogP contribution in [0, 0.1) is 0 Å². The second-order valence-electron chi connectivity index (χ2n) is 3.75. The smallest absolute Gasteiger partial charge is 0.418 e. The Labute approximate surface area is 121 Å². The molecule has 0 saturated carbocycles. The number of aliphatic carboxylic acids is 1. The van der Waals surface area contributed by atoms with Gasteiger partial charge in [-0.25, -0.2) is 8.42 Å². The molecular formula is C10H9BrF3NO4S. The predicted octanol–water partition coefficient (Wildman–Crippen LogP) is 2.68. The zero-order chi connectivity index (χ0) is 15.6. The first-order valence-corrected chi connectivity index (χ1v) is 7.55. The fraction of sp³-hybridized carbons (Fsp3) is 0.300. The van der Waals surface area contributed by atoms with Crippen LogP contribution in [0.3, 0.4) is 0 Å². The van der Waals surface area contributed by atoms with E-state index in [1.54, 1.807) is 4.72 Å². The molecule has 0 heterocycles. The molecule has 0 spiro atoms. The lowest BCUT2D eigenvalue weighted by Gasteiger charge is -2.14. The van der Waals surface area contributed by atoms with E-state index in [9.17, 15) is 26.4 Å². The van der Waals surface area contributed by atoms with Crippen molar-refractivity contribution in [1.29, 1.82) is 0 Å². The highest BCUT2D eigenvalue weighted by molar-refractivity contribution is 9.10. The number of carboxylic acids is 1. The van der Waals surface area contributed by atoms with Gasteiger partial charge in [0, 0.05) is 4.47 Å². The van der Waals surface area contributed by atoms with E-state index in [2.05, 4.69) is 15.9 Å². The fourth-order valence-electron chi connectivity index (χ4n) is 1.28. The molecule has 0 saturated heterocycles. The van der Waals surface area contributed by atoms with Gasteiger partial charge in [0.25, 0.3) is 0 Å². The first kappa shape index (κ1) is 16.8. The average Bonchev–Trinajstić information content (AvgIpc) is 2.27. The molecule has 0 aliphatic rings. The molecule has 1 aromatic carbocycles. The molecule has 2 N–H and O–H groups in total. The number of hydrogen-bond donors (Lipinski definition) is 2. The van der Waals surface area contributed by atoms with Crippen molar-refractivity contribution in [2.75, 3.05) is 10.5 Å². The van der Waals surface area contributed by atoms with Crippen LogP contribution in [0.2, 0.25) is 0 Å². The normalized spacial score (nSPS) is 12.2. The number of nitrogens with one attached hydrogen (secondary N) is 1. The number of carbonyl (C=O) groups is 1. The van der Waals surface area contributed by atoms with Crippen molar-refractivity contribution in [3.05, 3.63) is 28.2 Å². The maximum Gasteiger partial charge on any atom is 0.418 e. The van der Waals surface area contributed by atoms with Gasteiger partial charge in [-0.05, 0) is 18.2 Å². The largest absolute Gasteiger partial charge is 0.481 e. The Morgan fingerprint density at radius 2 is 1.95 bits per heavy atom. The lowest BCUT2D eigenvalue weighted by Crippen LogP contribution is -2.21. The number of alkyl halides is 3. The molecule has 10 heteroatoms. The highest BCUT2D eigenvalue weighted by Gasteiger charge is 2.34. The number of hydrogen-bond acceptors (Lipinski definition) is 3. The van der Waals surface area contributed by atoms with Gasteiger partial charge in [0.1, 0.15) is 0 Å². The van der Waals surface area contributed by atoms with Crippen molar-refractivity contribution in [2.45, 2.75) is 12.6 Å². The quantitative estimate of drug-likeness (QED) is 0.828. The highest BCUT2D eigenvalue weighted by atomic mass is 79.9. The molecule has 0 atom stereocenters. The minimum Gasteiger partial charge on any atom is -0.481 e. The monoisotopic (exact) mass is 375 g/mol. The fourth-order valence-corrected chi connectivity index (χ4v) is 2.70. The van der Waals surface area contributed by atoms with Crippen molar-refractivity contribution in [2.24, 2.45) is 0 Å². The lowest BCUT2D eigenvalue weighted by molar-refractivity contribution is -0.137. The van der Waals surface area contributed by atoms with Crippen molar-refractivity contribution >= 4 is 37.6 Å². The summed E-state index contributed by atoms with van der Waals surface area (Å²) in [6.07, 6.45) is -5.44. The molecule has 0 fully saturated rings. The number of halogens is 4. The van der Waals surface area contributed by atoms with Gasteiger partial charge in [0.05, 0.1) is 23.4 Å². The third-order valence-corrected chi connectivity index (χ3v) is 3.90. The van der Waals surface area contributed by atoms with Crippen LogP contribution in [-0.4, -0.2) is 25.2 Å². The summed E-state index contributed by atoms with van der Waals surface area (Å²) in [5, 5.41) is 8.38. The van der Waals surface area contributed by atoms with Crippen LogP contribution in [0.4, 0.5) is 18.9 Å². The third-order valence-electron chi connectivity index (χ3n) is 2.14. The Morgan fingerprint density at radius 1 is 1.35 bits per heavy atom. The summed E-state index contributed by atoms with van der Waals surface area (Å²) in [6, 6.07) is 2.92. The van der Waals surface area contributed by atoms with Gasteiger partial charge < -0.3 is 5.11 Å². The maximum absolute atomic E-state index is 12.8. The number of carboxylic acid groups (broad SMARTS) is 1. The molecule has 1 rings (SSSR count). The van der Waals surface area contributed by atoms with E-state index in [4.69, 9.17) is 5.11 Å². The zero-order valence-electron chi connectivity index (χ0n) is 9.74. The Morgan fingerprint density at radius 3 is 2.45 bits per heavy atom. The molecule has 5 nitrogen and oxygen atoms in total. The van der Waals surface area contributed by atoms with Crippen molar-refractivity contribution < 1.29 is 31.5 Å². The zero-order valence-corrected chi connectivity index (χ0v) is 12.1. The highest BCUT2D eigenvalue weighted by Crippen LogP contribution is 2.36. The Balaban J connectivity index is 3.06. The summed E-state index contributed by atoms with van der Waals surface area (Å²) in [6.45, 7) is 0. The van der Waals surface area contributed by atoms with E-state index in [0.29, 0.717) is 0 Å². The second-order valence-corrected chi connectivity index (χ2v) is 6.51. The van der Waals surface area contributed by atoms with Gasteiger partial charge in [0.2, 0.25) is 10.0 Å². The summed E-state index contributed by atoms with van der Waals surface area (Å²) in [7, 11) is -4.17. The van der Waals surface area contributed by atoms with Crippen LogP contribution >= 0.6 is 15.9 Å². The molecule has 0 aliphatic heterocycles. The molecule has 0 aromatic heterocycles. The SMILES string of the molecule is O=C(O)CCS(=O)(=O)Nc1ccc(Br)cc1C(F)(F)F. The standard InChI is InChI=1S/C10H9BrF3NO4S/c11-6-1-2-8(7(5-6)10(12,13)14)15-20(18,19)4-3-9(16)17/h1-2,5,15H,3-4H2,(H,16,17).